The molecule has 2 aliphatic heterocycles. The van der Waals surface area contributed by atoms with Crippen LogP contribution in [0.5, 0.6) is 6.01 Å². The van der Waals surface area contributed by atoms with E-state index in [-0.39, 0.29) is 24.1 Å². The van der Waals surface area contributed by atoms with Crippen LogP contribution in [0.25, 0.3) is 15.6 Å². The van der Waals surface area contributed by atoms with Crippen LogP contribution in [-0.4, -0.2) is 91.2 Å². The van der Waals surface area contributed by atoms with Crippen molar-refractivity contribution in [2.45, 2.75) is 25.9 Å². The van der Waals surface area contributed by atoms with E-state index >= 15 is 0 Å². The van der Waals surface area contributed by atoms with Gasteiger partial charge in [-0.25, -0.2) is 15.4 Å². The second-order valence-electron chi connectivity index (χ2n) is 10.8. The maximum atomic E-state index is 14.5. The van der Waals surface area contributed by atoms with Crippen LogP contribution < -0.4 is 14.5 Å². The molecule has 1 aromatic heterocycles. The number of anilines is 2. The van der Waals surface area contributed by atoms with Crippen LogP contribution in [-0.2, 0) is 17.8 Å². The Balaban J connectivity index is 1.49. The Bertz CT molecular complexity index is 1580. The van der Waals surface area contributed by atoms with Crippen molar-refractivity contribution in [3.05, 3.63) is 76.3 Å². The molecule has 0 spiro atoms. The van der Waals surface area contributed by atoms with E-state index in [0.29, 0.717) is 57.0 Å². The molecule has 2 aliphatic rings. The Morgan fingerprint density at radius 3 is 2.79 bits per heavy atom. The number of nitrogens with zero attached hydrogens (tertiary/aromatic N) is 7. The van der Waals surface area contributed by atoms with Gasteiger partial charge < -0.3 is 29.2 Å². The fraction of sp³-hybridized carbons (Fsp3) is 0.419. The van der Waals surface area contributed by atoms with Gasteiger partial charge in [-0.2, -0.15) is 9.97 Å². The average molecular weight is 610 g/mol. The Morgan fingerprint density at radius 2 is 2.05 bits per heavy atom. The molecule has 0 bridgehead atoms. The van der Waals surface area contributed by atoms with Crippen molar-refractivity contribution in [2.75, 3.05) is 69.3 Å². The van der Waals surface area contributed by atoms with Crippen molar-refractivity contribution >= 4 is 39.8 Å². The first kappa shape index (κ1) is 30.4. The fourth-order valence-corrected chi connectivity index (χ4v) is 5.93. The van der Waals surface area contributed by atoms with Gasteiger partial charge in [-0.1, -0.05) is 43.3 Å². The van der Waals surface area contributed by atoms with E-state index in [1.165, 1.54) is 11.0 Å². The molecule has 1 amide bonds. The van der Waals surface area contributed by atoms with Gasteiger partial charge in [-0.3, -0.25) is 4.79 Å². The smallest absolute Gasteiger partial charge is 0.318 e. The van der Waals surface area contributed by atoms with Gasteiger partial charge in [0.2, 0.25) is 6.54 Å². The predicted octanol–water partition coefficient (Wildman–Crippen LogP) is 4.74. The Labute approximate surface area is 255 Å². The van der Waals surface area contributed by atoms with E-state index in [0.717, 1.165) is 28.9 Å². The van der Waals surface area contributed by atoms with Gasteiger partial charge in [0, 0.05) is 49.4 Å². The highest BCUT2D eigenvalue weighted by molar-refractivity contribution is 6.36. The molecule has 1 saturated heterocycles. The van der Waals surface area contributed by atoms with Gasteiger partial charge in [0.05, 0.1) is 17.3 Å². The third-order valence-corrected chi connectivity index (χ3v) is 8.47. The number of fused-ring (bicyclic) bond motifs is 2. The van der Waals surface area contributed by atoms with Crippen LogP contribution in [0.1, 0.15) is 18.2 Å². The van der Waals surface area contributed by atoms with Gasteiger partial charge in [0.1, 0.15) is 24.3 Å². The van der Waals surface area contributed by atoms with Gasteiger partial charge in [-0.15, -0.1) is 0 Å². The number of hydrogen-bond donors (Lipinski definition) is 0. The number of amides is 1. The van der Waals surface area contributed by atoms with Crippen LogP contribution in [0.15, 0.2) is 42.7 Å². The van der Waals surface area contributed by atoms with Gasteiger partial charge in [0.15, 0.2) is 5.83 Å². The molecule has 9 nitrogen and oxygen atoms in total. The molecule has 1 atom stereocenters. The number of benzene rings is 2. The van der Waals surface area contributed by atoms with Crippen molar-refractivity contribution in [3.63, 3.8) is 0 Å². The van der Waals surface area contributed by atoms with E-state index in [4.69, 9.17) is 32.9 Å². The van der Waals surface area contributed by atoms with Crippen LogP contribution in [0, 0.1) is 12.4 Å². The molecule has 1 fully saturated rings. The van der Waals surface area contributed by atoms with Crippen molar-refractivity contribution in [1.82, 2.24) is 19.8 Å². The minimum Gasteiger partial charge on any atom is -0.462 e. The van der Waals surface area contributed by atoms with Crippen LogP contribution in [0.2, 0.25) is 5.02 Å². The molecule has 5 rings (SSSR count). The Morgan fingerprint density at radius 1 is 1.23 bits per heavy atom. The summed E-state index contributed by atoms with van der Waals surface area (Å²) in [6.07, 6.45) is 0.598. The molecule has 0 aliphatic carbocycles. The second kappa shape index (κ2) is 13.1. The summed E-state index contributed by atoms with van der Waals surface area (Å²) in [6, 6.07) is 8.57. The predicted molar refractivity (Wildman–Crippen MR) is 164 cm³/mol. The lowest BCUT2D eigenvalue weighted by Gasteiger charge is -2.41. The summed E-state index contributed by atoms with van der Waals surface area (Å²) in [5.41, 5.74) is 2.54. The number of aromatic nitrogens is 2. The van der Waals surface area contributed by atoms with E-state index in [1.807, 2.05) is 30.1 Å². The lowest BCUT2D eigenvalue weighted by atomic mass is 10.0. The monoisotopic (exact) mass is 609 g/mol. The number of hydrogen-bond acceptors (Lipinski definition) is 7. The molecular formula is C31H34ClF2N7O2. The summed E-state index contributed by atoms with van der Waals surface area (Å²) in [7, 11) is 2.00. The molecule has 43 heavy (non-hydrogen) atoms. The van der Waals surface area contributed by atoms with Crippen molar-refractivity contribution in [1.29, 1.82) is 0 Å². The third-order valence-electron chi connectivity index (χ3n) is 8.10. The zero-order valence-electron chi connectivity index (χ0n) is 24.3. The first-order chi connectivity index (χ1) is 20.7. The summed E-state index contributed by atoms with van der Waals surface area (Å²) in [5, 5.41) is 1.58. The highest BCUT2D eigenvalue weighted by Gasteiger charge is 2.36. The molecule has 2 aromatic carbocycles. The summed E-state index contributed by atoms with van der Waals surface area (Å²) in [6.45, 7) is 16.6. The molecule has 0 radical (unpaired) electrons. The average Bonchev–Trinajstić information content (AvgIpc) is 3.01. The van der Waals surface area contributed by atoms with E-state index < -0.39 is 23.6 Å². The summed E-state index contributed by atoms with van der Waals surface area (Å²) in [4.78, 5) is 33.3. The Kier molecular flexibility index (Phi) is 9.28. The van der Waals surface area contributed by atoms with E-state index in [9.17, 15) is 13.6 Å². The molecule has 0 N–H and O–H groups in total. The third kappa shape index (κ3) is 6.36. The standard InChI is InChI=1S/C31H34ClF2N7O2/c1-5-38(4)15-16-43-31-36-25-19-39(26-8-6-7-21-9-10-24(34)28(32)27(21)26)12-11-23(25)29(37-31)40-13-14-41(30(42)20(2)33)22(18-40)17-35-3/h6-10,22H,2,5,11-19H2,1,4H3/t22-/m0/s1. The van der Waals surface area contributed by atoms with Crippen LogP contribution in [0.3, 0.4) is 0 Å². The SMILES string of the molecule is [C-]#[N+]C[C@H]1CN(c2nc(OCCN(C)CC)nc3c2CCN(c2cccc4ccc(F)c(Cl)c24)C3)CCN1C(=O)C(=C)F. The number of piperazine rings is 1. The second-order valence-corrected chi connectivity index (χ2v) is 11.1. The number of carbonyl (C=O) groups is 1. The minimum atomic E-state index is -1.04. The molecule has 3 heterocycles. The summed E-state index contributed by atoms with van der Waals surface area (Å²) < 4.78 is 34.3. The quantitative estimate of drug-likeness (QED) is 0.257. The normalized spacial score (nSPS) is 16.8. The summed E-state index contributed by atoms with van der Waals surface area (Å²) >= 11 is 6.45. The lowest BCUT2D eigenvalue weighted by molar-refractivity contribution is -0.131. The summed E-state index contributed by atoms with van der Waals surface area (Å²) in [5.74, 6) is -1.61. The molecule has 226 valence electrons. The number of likely N-dealkylation sites (N-methyl/N-ethyl adjacent to an activating group) is 1. The largest absolute Gasteiger partial charge is 0.462 e. The van der Waals surface area contributed by atoms with Gasteiger partial charge in [-0.05, 0) is 37.5 Å². The maximum absolute atomic E-state index is 14.5. The maximum Gasteiger partial charge on any atom is 0.318 e. The zero-order chi connectivity index (χ0) is 30.7. The van der Waals surface area contributed by atoms with Crippen molar-refractivity contribution in [2.24, 2.45) is 0 Å². The molecule has 0 unspecified atom stereocenters. The highest BCUT2D eigenvalue weighted by Crippen LogP contribution is 2.38. The van der Waals surface area contributed by atoms with Gasteiger partial charge >= 0.3 is 6.01 Å². The highest BCUT2D eigenvalue weighted by atomic mass is 35.5. The minimum absolute atomic E-state index is 0.0294. The fourth-order valence-electron chi connectivity index (χ4n) is 5.66. The number of ether oxygens (including phenoxy) is 1. The molecular weight excluding hydrogens is 576 g/mol. The Hall–Kier alpha value is -4.01. The zero-order valence-corrected chi connectivity index (χ0v) is 25.1. The molecule has 3 aromatic rings. The van der Waals surface area contributed by atoms with Crippen molar-refractivity contribution in [3.8, 4) is 6.01 Å². The topological polar surface area (TPSA) is 69.4 Å². The number of halogens is 3. The molecule has 12 heteroatoms. The van der Waals surface area contributed by atoms with E-state index in [2.05, 4.69) is 28.1 Å². The number of carbonyl (C=O) groups excluding carboxylic acids is 1. The van der Waals surface area contributed by atoms with Crippen LogP contribution >= 0.6 is 11.6 Å². The lowest BCUT2D eigenvalue weighted by Crippen LogP contribution is -2.57. The van der Waals surface area contributed by atoms with Gasteiger partial charge in [0.25, 0.3) is 5.91 Å². The van der Waals surface area contributed by atoms with Crippen molar-refractivity contribution < 1.29 is 18.3 Å². The first-order valence-electron chi connectivity index (χ1n) is 14.3. The number of rotatable bonds is 9. The molecule has 0 saturated carbocycles. The first-order valence-corrected chi connectivity index (χ1v) is 14.7. The van der Waals surface area contributed by atoms with E-state index in [1.54, 1.807) is 6.07 Å². The van der Waals surface area contributed by atoms with Crippen LogP contribution in [0.4, 0.5) is 20.3 Å².